The van der Waals surface area contributed by atoms with E-state index in [9.17, 15) is 0 Å². The van der Waals surface area contributed by atoms with Gasteiger partial charge in [-0.3, -0.25) is 0 Å². The molecule has 3 aliphatic rings. The second kappa shape index (κ2) is 13.6. The quantitative estimate of drug-likeness (QED) is 0.194. The van der Waals surface area contributed by atoms with Crippen LogP contribution in [0.1, 0.15) is 108 Å². The van der Waals surface area contributed by atoms with E-state index >= 15 is 0 Å². The molecule has 41 heavy (non-hydrogen) atoms. The van der Waals surface area contributed by atoms with Gasteiger partial charge in [0.05, 0.1) is 5.60 Å². The van der Waals surface area contributed by atoms with Gasteiger partial charge in [-0.05, 0) is 97.1 Å². The summed E-state index contributed by atoms with van der Waals surface area (Å²) in [5, 5.41) is 0. The summed E-state index contributed by atoms with van der Waals surface area (Å²) >= 11 is 0. The third-order valence-electron chi connectivity index (χ3n) is 9.49. The highest BCUT2D eigenvalue weighted by Crippen LogP contribution is 2.66. The summed E-state index contributed by atoms with van der Waals surface area (Å²) in [7, 11) is 0. The van der Waals surface area contributed by atoms with Crippen LogP contribution in [0.25, 0.3) is 0 Å². The molecule has 0 radical (unpaired) electrons. The molecule has 0 unspecified atom stereocenters. The van der Waals surface area contributed by atoms with E-state index in [1.165, 1.54) is 60.0 Å². The van der Waals surface area contributed by atoms with Gasteiger partial charge in [-0.2, -0.15) is 0 Å². The molecule has 0 aromatic heterocycles. The standard InChI is InChI=1S/C40H56O/c1-31(19-13-21-33(3)24-25-36-35(5)23-15-27-37(36,6)7)17-11-12-18-32(2)20-14-22-34(4)26-30-40-38(8,9)28-16-29-39(40,10)41-40/h11-14,17-22,24-26,30H,15-16,23,27-29H2,1-10H3/b12-11+,19-13+,20-14+,25-24+,30-26+,31-17+,32-18+,33-21+,34-22+/t39-,40-/m0/s1. The van der Waals surface area contributed by atoms with Crippen molar-refractivity contribution in [2.75, 3.05) is 0 Å². The number of allylic oxidation sites excluding steroid dienone is 19. The minimum absolute atomic E-state index is 0.0197. The van der Waals surface area contributed by atoms with E-state index < -0.39 is 0 Å². The van der Waals surface area contributed by atoms with Gasteiger partial charge >= 0.3 is 0 Å². The van der Waals surface area contributed by atoms with Crippen LogP contribution in [-0.4, -0.2) is 11.2 Å². The van der Waals surface area contributed by atoms with Crippen molar-refractivity contribution in [3.8, 4) is 0 Å². The van der Waals surface area contributed by atoms with Crippen LogP contribution in [0, 0.1) is 10.8 Å². The lowest BCUT2D eigenvalue weighted by atomic mass is 9.64. The van der Waals surface area contributed by atoms with Gasteiger partial charge in [0.15, 0.2) is 0 Å². The fraction of sp³-hybridized carbons (Fsp3) is 0.500. The fourth-order valence-corrected chi connectivity index (χ4v) is 6.72. The average Bonchev–Trinajstić information content (AvgIpc) is 3.52. The van der Waals surface area contributed by atoms with Gasteiger partial charge in [0.2, 0.25) is 0 Å². The number of fused-ring (bicyclic) bond motifs is 1. The van der Waals surface area contributed by atoms with Crippen LogP contribution in [0.3, 0.4) is 0 Å². The van der Waals surface area contributed by atoms with E-state index in [1.807, 2.05) is 0 Å². The summed E-state index contributed by atoms with van der Waals surface area (Å²) in [5.41, 5.74) is 8.42. The normalized spacial score (nSPS) is 29.6. The van der Waals surface area contributed by atoms with Gasteiger partial charge in [0.25, 0.3) is 0 Å². The summed E-state index contributed by atoms with van der Waals surface area (Å²) in [6.45, 7) is 22.6. The molecule has 0 spiro atoms. The monoisotopic (exact) mass is 552 g/mol. The highest BCUT2D eigenvalue weighted by molar-refractivity contribution is 5.38. The molecule has 1 nitrogen and oxygen atoms in total. The predicted molar refractivity (Wildman–Crippen MR) is 181 cm³/mol. The molecule has 222 valence electrons. The number of epoxide rings is 1. The van der Waals surface area contributed by atoms with Crippen molar-refractivity contribution in [3.05, 3.63) is 119 Å². The maximum atomic E-state index is 6.34. The van der Waals surface area contributed by atoms with E-state index in [-0.39, 0.29) is 22.0 Å². The van der Waals surface area contributed by atoms with Crippen molar-refractivity contribution in [2.24, 2.45) is 10.8 Å². The molecule has 0 amide bonds. The van der Waals surface area contributed by atoms with Gasteiger partial charge < -0.3 is 4.74 Å². The van der Waals surface area contributed by atoms with Crippen molar-refractivity contribution in [2.45, 2.75) is 119 Å². The summed E-state index contributed by atoms with van der Waals surface area (Å²) in [5.74, 6) is 0. The highest BCUT2D eigenvalue weighted by atomic mass is 16.6. The van der Waals surface area contributed by atoms with Crippen molar-refractivity contribution in [1.82, 2.24) is 0 Å². The number of ether oxygens (including phenoxy) is 1. The molecule has 2 fully saturated rings. The number of hydrogen-bond donors (Lipinski definition) is 0. The molecule has 1 saturated carbocycles. The smallest absolute Gasteiger partial charge is 0.121 e. The average molecular weight is 553 g/mol. The summed E-state index contributed by atoms with van der Waals surface area (Å²) in [4.78, 5) is 0. The first kappa shape index (κ1) is 32.9. The van der Waals surface area contributed by atoms with E-state index in [1.54, 1.807) is 5.57 Å². The molecule has 3 rings (SSSR count). The lowest BCUT2D eigenvalue weighted by Crippen LogP contribution is -2.41. The third-order valence-corrected chi connectivity index (χ3v) is 9.49. The van der Waals surface area contributed by atoms with Crippen molar-refractivity contribution >= 4 is 0 Å². The van der Waals surface area contributed by atoms with Gasteiger partial charge in [-0.25, -0.2) is 0 Å². The topological polar surface area (TPSA) is 12.5 Å². The van der Waals surface area contributed by atoms with Crippen LogP contribution in [0.5, 0.6) is 0 Å². The molecule has 1 heteroatoms. The second-order valence-electron chi connectivity index (χ2n) is 14.1. The first-order chi connectivity index (χ1) is 19.2. The molecule has 1 aliphatic heterocycles. The Bertz CT molecular complexity index is 1260. The second-order valence-corrected chi connectivity index (χ2v) is 14.1. The lowest BCUT2D eigenvalue weighted by molar-refractivity contribution is 0.166. The zero-order valence-corrected chi connectivity index (χ0v) is 27.7. The maximum absolute atomic E-state index is 6.34. The van der Waals surface area contributed by atoms with Crippen LogP contribution in [0.2, 0.25) is 0 Å². The van der Waals surface area contributed by atoms with Gasteiger partial charge in [-0.1, -0.05) is 135 Å². The zero-order chi connectivity index (χ0) is 30.3. The van der Waals surface area contributed by atoms with Crippen molar-refractivity contribution < 1.29 is 4.74 Å². The Kier molecular flexibility index (Phi) is 10.9. The Balaban J connectivity index is 1.49. The Labute approximate surface area is 252 Å². The van der Waals surface area contributed by atoms with E-state index in [4.69, 9.17) is 4.74 Å². The van der Waals surface area contributed by atoms with E-state index in [0.717, 1.165) is 6.42 Å². The molecule has 2 aliphatic carbocycles. The zero-order valence-electron chi connectivity index (χ0n) is 27.7. The summed E-state index contributed by atoms with van der Waals surface area (Å²) in [6, 6.07) is 0. The van der Waals surface area contributed by atoms with Gasteiger partial charge in [-0.15, -0.1) is 0 Å². The SMILES string of the molecule is CC1=C(/C=C/C(C)=C/C=C/C(C)=C/C=C/C=C(C)/C=C/C=C(C)/C=C/[C@@]23O[C@@]2(C)CCCC3(C)C)C(C)(C)CCC1. The first-order valence-corrected chi connectivity index (χ1v) is 15.7. The predicted octanol–water partition coefficient (Wildman–Crippen LogP) is 11.8. The third kappa shape index (κ3) is 8.45. The van der Waals surface area contributed by atoms with Gasteiger partial charge in [0, 0.05) is 5.41 Å². The fourth-order valence-electron chi connectivity index (χ4n) is 6.72. The molecule has 1 heterocycles. The minimum Gasteiger partial charge on any atom is -0.358 e. The summed E-state index contributed by atoms with van der Waals surface area (Å²) in [6.07, 6.45) is 38.1. The molecule has 1 saturated heterocycles. The molecular formula is C40H56O. The van der Waals surface area contributed by atoms with E-state index in [2.05, 4.69) is 154 Å². The Morgan fingerprint density at radius 1 is 0.634 bits per heavy atom. The Hall–Kier alpha value is -2.64. The molecule has 2 atom stereocenters. The Morgan fingerprint density at radius 2 is 1.17 bits per heavy atom. The summed E-state index contributed by atoms with van der Waals surface area (Å²) < 4.78 is 6.34. The van der Waals surface area contributed by atoms with Crippen LogP contribution in [-0.2, 0) is 4.74 Å². The van der Waals surface area contributed by atoms with Crippen LogP contribution in [0.4, 0.5) is 0 Å². The van der Waals surface area contributed by atoms with Gasteiger partial charge in [0.1, 0.15) is 5.60 Å². The molecular weight excluding hydrogens is 496 g/mol. The maximum Gasteiger partial charge on any atom is 0.121 e. The van der Waals surface area contributed by atoms with Crippen molar-refractivity contribution in [1.29, 1.82) is 0 Å². The van der Waals surface area contributed by atoms with E-state index in [0.29, 0.717) is 0 Å². The molecule has 0 aromatic carbocycles. The lowest BCUT2D eigenvalue weighted by Gasteiger charge is -2.36. The first-order valence-electron chi connectivity index (χ1n) is 15.7. The van der Waals surface area contributed by atoms with Crippen molar-refractivity contribution in [3.63, 3.8) is 0 Å². The number of hydrogen-bond acceptors (Lipinski definition) is 1. The minimum atomic E-state index is -0.103. The highest BCUT2D eigenvalue weighted by Gasteiger charge is 2.73. The van der Waals surface area contributed by atoms with Crippen LogP contribution in [0.15, 0.2) is 119 Å². The molecule has 0 bridgehead atoms. The van der Waals surface area contributed by atoms with Crippen LogP contribution < -0.4 is 0 Å². The Morgan fingerprint density at radius 3 is 1.73 bits per heavy atom. The molecule has 0 aromatic rings. The van der Waals surface area contributed by atoms with Crippen LogP contribution >= 0.6 is 0 Å². The largest absolute Gasteiger partial charge is 0.358 e. The molecule has 0 N–H and O–H groups in total. The number of rotatable bonds is 10.